The van der Waals surface area contributed by atoms with Gasteiger partial charge < -0.3 is 4.90 Å². The molecule has 1 fully saturated rings. The highest BCUT2D eigenvalue weighted by molar-refractivity contribution is 7.89. The van der Waals surface area contributed by atoms with E-state index in [9.17, 15) is 17.6 Å². The molecule has 0 spiro atoms. The van der Waals surface area contributed by atoms with E-state index in [0.29, 0.717) is 18.7 Å². The number of carbonyl (C=O) groups is 1. The SMILES string of the molecule is Cc1ccc(S(=O)(=O)N/N=C(/C(=O)N2CCCCC2)c2ccc(F)cc2)cc1. The van der Waals surface area contributed by atoms with Crippen LogP contribution >= 0.6 is 0 Å². The molecule has 0 saturated carbocycles. The van der Waals surface area contributed by atoms with Crippen molar-refractivity contribution < 1.29 is 17.6 Å². The van der Waals surface area contributed by atoms with Gasteiger partial charge in [0, 0.05) is 18.7 Å². The predicted octanol–water partition coefficient (Wildman–Crippen LogP) is 2.83. The van der Waals surface area contributed by atoms with Crippen molar-refractivity contribution in [3.63, 3.8) is 0 Å². The standard InChI is InChI=1S/C20H22FN3O3S/c1-15-5-11-18(12-6-15)28(26,27)23-22-19(16-7-9-17(21)10-8-16)20(25)24-13-3-2-4-14-24/h5-12,23H,2-4,13-14H2,1H3/b22-19+. The number of piperidine rings is 1. The van der Waals surface area contributed by atoms with Crippen LogP contribution in [0.5, 0.6) is 0 Å². The molecule has 6 nitrogen and oxygen atoms in total. The maximum atomic E-state index is 13.3. The van der Waals surface area contributed by atoms with Crippen LogP contribution in [-0.4, -0.2) is 38.0 Å². The minimum atomic E-state index is -3.93. The first-order valence-electron chi connectivity index (χ1n) is 9.08. The van der Waals surface area contributed by atoms with Crippen LogP contribution in [0.1, 0.15) is 30.4 Å². The van der Waals surface area contributed by atoms with Gasteiger partial charge in [0.15, 0.2) is 5.71 Å². The third-order valence-corrected chi connectivity index (χ3v) is 5.80. The molecule has 3 rings (SSSR count). The van der Waals surface area contributed by atoms with Crippen molar-refractivity contribution in [3.05, 3.63) is 65.5 Å². The Kier molecular flexibility index (Phi) is 6.08. The summed E-state index contributed by atoms with van der Waals surface area (Å²) in [4.78, 5) is 16.8. The van der Waals surface area contributed by atoms with Crippen molar-refractivity contribution in [1.82, 2.24) is 9.73 Å². The average Bonchev–Trinajstić information content (AvgIpc) is 2.70. The van der Waals surface area contributed by atoms with Crippen LogP contribution in [0.3, 0.4) is 0 Å². The summed E-state index contributed by atoms with van der Waals surface area (Å²) in [5, 5.41) is 3.93. The normalized spacial score (nSPS) is 15.4. The van der Waals surface area contributed by atoms with Crippen molar-refractivity contribution in [3.8, 4) is 0 Å². The lowest BCUT2D eigenvalue weighted by Crippen LogP contribution is -2.41. The van der Waals surface area contributed by atoms with Crippen LogP contribution in [0, 0.1) is 12.7 Å². The van der Waals surface area contributed by atoms with Gasteiger partial charge in [-0.3, -0.25) is 4.79 Å². The number of hydrogen-bond donors (Lipinski definition) is 1. The van der Waals surface area contributed by atoms with Crippen LogP contribution in [0.2, 0.25) is 0 Å². The third-order valence-electron chi connectivity index (χ3n) is 4.57. The first kappa shape index (κ1) is 20.0. The molecule has 0 aromatic heterocycles. The van der Waals surface area contributed by atoms with E-state index in [1.165, 1.54) is 36.4 Å². The Morgan fingerprint density at radius 1 is 1.00 bits per heavy atom. The summed E-state index contributed by atoms with van der Waals surface area (Å²) < 4.78 is 38.3. The summed E-state index contributed by atoms with van der Waals surface area (Å²) in [5.41, 5.74) is 1.22. The monoisotopic (exact) mass is 403 g/mol. The molecule has 2 aromatic rings. The quantitative estimate of drug-likeness (QED) is 0.616. The highest BCUT2D eigenvalue weighted by Crippen LogP contribution is 2.14. The largest absolute Gasteiger partial charge is 0.337 e. The number of nitrogens with one attached hydrogen (secondary N) is 1. The van der Waals surface area contributed by atoms with E-state index in [-0.39, 0.29) is 16.5 Å². The van der Waals surface area contributed by atoms with Crippen LogP contribution in [0.25, 0.3) is 0 Å². The number of halogens is 1. The van der Waals surface area contributed by atoms with Crippen LogP contribution in [0.4, 0.5) is 4.39 Å². The summed E-state index contributed by atoms with van der Waals surface area (Å²) in [7, 11) is -3.93. The molecule has 148 valence electrons. The van der Waals surface area contributed by atoms with Crippen molar-refractivity contribution >= 4 is 21.6 Å². The second kappa shape index (κ2) is 8.52. The maximum absolute atomic E-state index is 13.3. The zero-order valence-corrected chi connectivity index (χ0v) is 16.4. The molecule has 0 aliphatic carbocycles. The van der Waals surface area contributed by atoms with Crippen LogP contribution < -0.4 is 4.83 Å². The zero-order valence-electron chi connectivity index (χ0n) is 15.6. The summed E-state index contributed by atoms with van der Waals surface area (Å²) in [6, 6.07) is 11.5. The maximum Gasteiger partial charge on any atom is 0.276 e. The number of hydrogen-bond acceptors (Lipinski definition) is 4. The van der Waals surface area contributed by atoms with Gasteiger partial charge in [0.05, 0.1) is 4.90 Å². The molecule has 0 radical (unpaired) electrons. The smallest absolute Gasteiger partial charge is 0.276 e. The van der Waals surface area contributed by atoms with E-state index in [1.807, 2.05) is 6.92 Å². The first-order valence-corrected chi connectivity index (χ1v) is 10.6. The lowest BCUT2D eigenvalue weighted by molar-refractivity contribution is -0.124. The van der Waals surface area contributed by atoms with Gasteiger partial charge in [-0.1, -0.05) is 17.7 Å². The molecule has 1 saturated heterocycles. The second-order valence-electron chi connectivity index (χ2n) is 6.73. The molecule has 2 aromatic carbocycles. The van der Waals surface area contributed by atoms with E-state index in [2.05, 4.69) is 9.93 Å². The van der Waals surface area contributed by atoms with Crippen molar-refractivity contribution in [2.45, 2.75) is 31.1 Å². The van der Waals surface area contributed by atoms with Crippen molar-refractivity contribution in [2.24, 2.45) is 5.10 Å². The fourth-order valence-corrected chi connectivity index (χ4v) is 3.78. The summed E-state index contributed by atoms with van der Waals surface area (Å²) in [6.45, 7) is 3.03. The van der Waals surface area contributed by atoms with Crippen molar-refractivity contribution in [2.75, 3.05) is 13.1 Å². The molecule has 28 heavy (non-hydrogen) atoms. The molecular weight excluding hydrogens is 381 g/mol. The predicted molar refractivity (Wildman–Crippen MR) is 105 cm³/mol. The second-order valence-corrected chi connectivity index (χ2v) is 8.39. The number of sulfonamides is 1. The fourth-order valence-electron chi connectivity index (χ4n) is 2.97. The van der Waals surface area contributed by atoms with Gasteiger partial charge in [-0.25, -0.2) is 4.39 Å². The molecular formula is C20H22FN3O3S. The molecule has 1 N–H and O–H groups in total. The average molecular weight is 403 g/mol. The number of carbonyl (C=O) groups excluding carboxylic acids is 1. The fraction of sp³-hybridized carbons (Fsp3) is 0.300. The Morgan fingerprint density at radius 2 is 1.61 bits per heavy atom. The first-order chi connectivity index (χ1) is 13.4. The summed E-state index contributed by atoms with van der Waals surface area (Å²) >= 11 is 0. The number of likely N-dealkylation sites (tertiary alicyclic amines) is 1. The highest BCUT2D eigenvalue weighted by atomic mass is 32.2. The van der Waals surface area contributed by atoms with Crippen LogP contribution in [0.15, 0.2) is 58.5 Å². The number of hydrazone groups is 1. The van der Waals surface area contributed by atoms with Gasteiger partial charge in [-0.05, 0) is 62.6 Å². The number of rotatable bonds is 5. The minimum absolute atomic E-state index is 0.0470. The minimum Gasteiger partial charge on any atom is -0.337 e. The highest BCUT2D eigenvalue weighted by Gasteiger charge is 2.24. The topological polar surface area (TPSA) is 78.8 Å². The number of aryl methyl sites for hydroxylation is 1. The van der Waals surface area contributed by atoms with Gasteiger partial charge >= 0.3 is 0 Å². The summed E-state index contributed by atoms with van der Waals surface area (Å²) in [6.07, 6.45) is 2.82. The van der Waals surface area contributed by atoms with Gasteiger partial charge in [-0.2, -0.15) is 18.4 Å². The Labute approximate surface area is 164 Å². The molecule has 1 amide bonds. The molecule has 1 heterocycles. The zero-order chi connectivity index (χ0) is 20.1. The number of benzene rings is 2. The molecule has 1 aliphatic rings. The van der Waals surface area contributed by atoms with E-state index in [4.69, 9.17) is 0 Å². The van der Waals surface area contributed by atoms with Crippen LogP contribution in [-0.2, 0) is 14.8 Å². The Morgan fingerprint density at radius 3 is 2.21 bits per heavy atom. The summed E-state index contributed by atoms with van der Waals surface area (Å²) in [5.74, 6) is -0.827. The molecule has 8 heteroatoms. The van der Waals surface area contributed by atoms with Crippen molar-refractivity contribution in [1.29, 1.82) is 0 Å². The van der Waals surface area contributed by atoms with Gasteiger partial charge in [0.2, 0.25) is 0 Å². The van der Waals surface area contributed by atoms with Gasteiger partial charge in [0.1, 0.15) is 5.82 Å². The Balaban J connectivity index is 1.92. The van der Waals surface area contributed by atoms with E-state index < -0.39 is 15.8 Å². The van der Waals surface area contributed by atoms with E-state index >= 15 is 0 Å². The van der Waals surface area contributed by atoms with Gasteiger partial charge in [0.25, 0.3) is 15.9 Å². The lowest BCUT2D eigenvalue weighted by Gasteiger charge is -2.27. The van der Waals surface area contributed by atoms with E-state index in [0.717, 1.165) is 24.8 Å². The van der Waals surface area contributed by atoms with E-state index in [1.54, 1.807) is 17.0 Å². The molecule has 0 atom stereocenters. The number of amides is 1. The van der Waals surface area contributed by atoms with Gasteiger partial charge in [-0.15, -0.1) is 0 Å². The third kappa shape index (κ3) is 4.75. The Bertz CT molecular complexity index is 965. The number of nitrogens with zero attached hydrogens (tertiary/aromatic N) is 2. The molecule has 0 unspecified atom stereocenters. The Hall–Kier alpha value is -2.74. The molecule has 0 bridgehead atoms. The lowest BCUT2D eigenvalue weighted by atomic mass is 10.1. The molecule has 1 aliphatic heterocycles.